The number of rotatable bonds is 4. The van der Waals surface area contributed by atoms with Gasteiger partial charge < -0.3 is 4.74 Å². The van der Waals surface area contributed by atoms with Crippen molar-refractivity contribution in [2.75, 3.05) is 6.61 Å². The molecule has 0 saturated heterocycles. The molecule has 110 valence electrons. The Hall–Kier alpha value is -1.11. The third-order valence-corrected chi connectivity index (χ3v) is 4.47. The standard InChI is InChI=1S/C13H16ClNO4S/c14-11-5-10(6-12(7-11)20(15,17)18)13(16)19-8-9-3-1-2-4-9/h5-7,9H,1-4,8H2,(H2,15,17,18). The first-order chi connectivity index (χ1) is 9.36. The molecule has 0 unspecified atom stereocenters. The fraction of sp³-hybridized carbons (Fsp3) is 0.462. The van der Waals surface area contributed by atoms with E-state index in [9.17, 15) is 13.2 Å². The molecule has 7 heteroatoms. The molecular formula is C13H16ClNO4S. The molecule has 0 bridgehead atoms. The normalized spacial score (nSPS) is 16.3. The van der Waals surface area contributed by atoms with Crippen LogP contribution in [-0.4, -0.2) is 21.0 Å². The minimum atomic E-state index is -3.90. The molecule has 0 aliphatic heterocycles. The number of primary sulfonamides is 1. The van der Waals surface area contributed by atoms with Gasteiger partial charge in [-0.2, -0.15) is 0 Å². The summed E-state index contributed by atoms with van der Waals surface area (Å²) >= 11 is 5.80. The lowest BCUT2D eigenvalue weighted by Gasteiger charge is -2.10. The molecule has 0 radical (unpaired) electrons. The van der Waals surface area contributed by atoms with Crippen LogP contribution in [0, 0.1) is 5.92 Å². The van der Waals surface area contributed by atoms with Crippen LogP contribution in [-0.2, 0) is 14.8 Å². The summed E-state index contributed by atoms with van der Waals surface area (Å²) < 4.78 is 27.8. The fourth-order valence-electron chi connectivity index (χ4n) is 2.30. The van der Waals surface area contributed by atoms with Crippen LogP contribution in [0.15, 0.2) is 23.1 Å². The van der Waals surface area contributed by atoms with Crippen molar-refractivity contribution in [1.82, 2.24) is 0 Å². The molecule has 0 spiro atoms. The molecule has 2 rings (SSSR count). The van der Waals surface area contributed by atoms with Gasteiger partial charge >= 0.3 is 5.97 Å². The molecular weight excluding hydrogens is 302 g/mol. The second kappa shape index (κ2) is 6.11. The quantitative estimate of drug-likeness (QED) is 0.863. The Labute approximate surface area is 123 Å². The van der Waals surface area contributed by atoms with E-state index in [-0.39, 0.29) is 15.5 Å². The Morgan fingerprint density at radius 2 is 1.95 bits per heavy atom. The zero-order chi connectivity index (χ0) is 14.8. The van der Waals surface area contributed by atoms with Gasteiger partial charge in [0.1, 0.15) is 0 Å². The van der Waals surface area contributed by atoms with Crippen molar-refractivity contribution in [1.29, 1.82) is 0 Å². The summed E-state index contributed by atoms with van der Waals surface area (Å²) in [6, 6.07) is 3.75. The third kappa shape index (κ3) is 3.94. The number of nitrogens with two attached hydrogens (primary N) is 1. The molecule has 2 N–H and O–H groups in total. The van der Waals surface area contributed by atoms with E-state index >= 15 is 0 Å². The number of hydrogen-bond acceptors (Lipinski definition) is 4. The van der Waals surface area contributed by atoms with Crippen LogP contribution < -0.4 is 5.14 Å². The second-order valence-corrected chi connectivity index (χ2v) is 6.97. The molecule has 1 saturated carbocycles. The molecule has 1 aromatic carbocycles. The van der Waals surface area contributed by atoms with Gasteiger partial charge in [0.2, 0.25) is 10.0 Å². The second-order valence-electron chi connectivity index (χ2n) is 4.97. The van der Waals surface area contributed by atoms with E-state index in [1.807, 2.05) is 0 Å². The van der Waals surface area contributed by atoms with Gasteiger partial charge in [0.25, 0.3) is 0 Å². The highest BCUT2D eigenvalue weighted by molar-refractivity contribution is 7.89. The van der Waals surface area contributed by atoms with Gasteiger partial charge in [-0.05, 0) is 37.0 Å². The summed E-state index contributed by atoms with van der Waals surface area (Å²) in [6.07, 6.45) is 4.44. The van der Waals surface area contributed by atoms with Crippen molar-refractivity contribution in [2.45, 2.75) is 30.6 Å². The average Bonchev–Trinajstić information content (AvgIpc) is 2.87. The van der Waals surface area contributed by atoms with Crippen molar-refractivity contribution in [3.8, 4) is 0 Å². The molecule has 1 aliphatic carbocycles. The van der Waals surface area contributed by atoms with Crippen molar-refractivity contribution < 1.29 is 17.9 Å². The molecule has 0 heterocycles. The number of ether oxygens (including phenoxy) is 1. The highest BCUT2D eigenvalue weighted by Crippen LogP contribution is 2.25. The zero-order valence-electron chi connectivity index (χ0n) is 10.8. The maximum absolute atomic E-state index is 11.9. The molecule has 0 amide bonds. The maximum atomic E-state index is 11.9. The lowest BCUT2D eigenvalue weighted by atomic mass is 10.1. The minimum Gasteiger partial charge on any atom is -0.462 e. The molecule has 20 heavy (non-hydrogen) atoms. The first-order valence-corrected chi connectivity index (χ1v) is 8.29. The van der Waals surface area contributed by atoms with Crippen LogP contribution in [0.1, 0.15) is 36.0 Å². The SMILES string of the molecule is NS(=O)(=O)c1cc(Cl)cc(C(=O)OCC2CCCC2)c1. The Bertz CT molecular complexity index is 609. The monoisotopic (exact) mass is 317 g/mol. The van der Waals surface area contributed by atoms with E-state index < -0.39 is 16.0 Å². The molecule has 0 aromatic heterocycles. The van der Waals surface area contributed by atoms with Crippen LogP contribution in [0.5, 0.6) is 0 Å². The van der Waals surface area contributed by atoms with Crippen molar-refractivity contribution in [3.63, 3.8) is 0 Å². The van der Waals surface area contributed by atoms with E-state index in [4.69, 9.17) is 21.5 Å². The highest BCUT2D eigenvalue weighted by atomic mass is 35.5. The number of sulfonamides is 1. The average molecular weight is 318 g/mol. The van der Waals surface area contributed by atoms with E-state index in [0.717, 1.165) is 25.7 Å². The van der Waals surface area contributed by atoms with Gasteiger partial charge in [-0.25, -0.2) is 18.4 Å². The number of halogens is 1. The lowest BCUT2D eigenvalue weighted by molar-refractivity contribution is 0.0442. The highest BCUT2D eigenvalue weighted by Gasteiger charge is 2.19. The molecule has 1 aliphatic rings. The number of esters is 1. The summed E-state index contributed by atoms with van der Waals surface area (Å²) in [4.78, 5) is 11.7. The number of carbonyl (C=O) groups is 1. The lowest BCUT2D eigenvalue weighted by Crippen LogP contribution is -2.15. The van der Waals surface area contributed by atoms with E-state index in [1.165, 1.54) is 18.2 Å². The topological polar surface area (TPSA) is 86.5 Å². The van der Waals surface area contributed by atoms with Gasteiger partial charge in [0, 0.05) is 5.02 Å². The summed E-state index contributed by atoms with van der Waals surface area (Å²) in [5.41, 5.74) is 0.0968. The summed E-state index contributed by atoms with van der Waals surface area (Å²) in [5, 5.41) is 5.16. The van der Waals surface area contributed by atoms with Gasteiger partial charge in [0.15, 0.2) is 0 Å². The summed E-state index contributed by atoms with van der Waals surface area (Å²) in [6.45, 7) is 0.357. The Morgan fingerprint density at radius 1 is 1.30 bits per heavy atom. The first-order valence-electron chi connectivity index (χ1n) is 6.37. The minimum absolute atomic E-state index is 0.0968. The van der Waals surface area contributed by atoms with E-state index in [2.05, 4.69) is 0 Å². The van der Waals surface area contributed by atoms with Crippen LogP contribution in [0.25, 0.3) is 0 Å². The van der Waals surface area contributed by atoms with E-state index in [1.54, 1.807) is 0 Å². The number of benzene rings is 1. The van der Waals surface area contributed by atoms with Crippen molar-refractivity contribution >= 4 is 27.6 Å². The van der Waals surface area contributed by atoms with Crippen LogP contribution >= 0.6 is 11.6 Å². The third-order valence-electron chi connectivity index (χ3n) is 3.36. The van der Waals surface area contributed by atoms with Crippen molar-refractivity contribution in [2.24, 2.45) is 11.1 Å². The van der Waals surface area contributed by atoms with Crippen LogP contribution in [0.2, 0.25) is 5.02 Å². The van der Waals surface area contributed by atoms with Crippen LogP contribution in [0.4, 0.5) is 0 Å². The zero-order valence-corrected chi connectivity index (χ0v) is 12.4. The predicted molar refractivity (Wildman–Crippen MR) is 75.1 cm³/mol. The largest absolute Gasteiger partial charge is 0.462 e. The predicted octanol–water partition coefficient (Wildman–Crippen LogP) is 2.33. The Morgan fingerprint density at radius 3 is 2.55 bits per heavy atom. The molecule has 1 fully saturated rings. The van der Waals surface area contributed by atoms with Gasteiger partial charge in [-0.3, -0.25) is 0 Å². The smallest absolute Gasteiger partial charge is 0.338 e. The molecule has 0 atom stereocenters. The van der Waals surface area contributed by atoms with Gasteiger partial charge in [-0.15, -0.1) is 0 Å². The summed E-state index contributed by atoms with van der Waals surface area (Å²) in [5.74, 6) is -0.180. The Balaban J connectivity index is 2.11. The Kier molecular flexibility index (Phi) is 4.67. The first kappa shape index (κ1) is 15.3. The maximum Gasteiger partial charge on any atom is 0.338 e. The van der Waals surface area contributed by atoms with Crippen molar-refractivity contribution in [3.05, 3.63) is 28.8 Å². The molecule has 5 nitrogen and oxygen atoms in total. The number of carbonyl (C=O) groups excluding carboxylic acids is 1. The van der Waals surface area contributed by atoms with E-state index in [0.29, 0.717) is 12.5 Å². The number of hydrogen-bond donors (Lipinski definition) is 1. The fourth-order valence-corrected chi connectivity index (χ4v) is 3.18. The van der Waals surface area contributed by atoms with Gasteiger partial charge in [-0.1, -0.05) is 24.4 Å². The molecule has 1 aromatic rings. The van der Waals surface area contributed by atoms with Gasteiger partial charge in [0.05, 0.1) is 17.1 Å². The van der Waals surface area contributed by atoms with Crippen LogP contribution in [0.3, 0.4) is 0 Å². The summed E-state index contributed by atoms with van der Waals surface area (Å²) in [7, 11) is -3.90.